The number of amides is 1. The second-order valence-electron chi connectivity index (χ2n) is 8.33. The second-order valence-corrected chi connectivity index (χ2v) is 8.97. The van der Waals surface area contributed by atoms with Crippen LogP contribution < -0.4 is 5.73 Å². The Morgan fingerprint density at radius 3 is 1.68 bits per heavy atom. The van der Waals surface area contributed by atoms with E-state index in [2.05, 4.69) is 6.92 Å². The molecule has 2 N–H and O–H groups in total. The molecule has 0 aromatic heterocycles. The molecule has 0 fully saturated rings. The Morgan fingerprint density at radius 1 is 0.821 bits per heavy atom. The normalized spacial score (nSPS) is 13.4. The lowest BCUT2D eigenvalue weighted by atomic mass is 9.88. The number of rotatable bonds is 17. The molecule has 28 heavy (non-hydrogen) atoms. The number of carbonyl (C=O) groups excluding carboxylic acids is 1. The number of aryl methyl sites for hydroxylation is 1. The van der Waals surface area contributed by atoms with Crippen molar-refractivity contribution in [3.63, 3.8) is 0 Å². The number of primary amides is 1. The first-order valence-corrected chi connectivity index (χ1v) is 11.9. The molecule has 1 amide bonds. The Bertz CT molecular complexity index is 545. The van der Waals surface area contributed by atoms with Gasteiger partial charge in [0.15, 0.2) is 0 Å². The van der Waals surface area contributed by atoms with Gasteiger partial charge in [-0.2, -0.15) is 0 Å². The summed E-state index contributed by atoms with van der Waals surface area (Å²) in [6, 6.07) is 7.80. The van der Waals surface area contributed by atoms with Crippen LogP contribution in [0.1, 0.15) is 114 Å². The van der Waals surface area contributed by atoms with Crippen LogP contribution in [0.4, 0.5) is 0 Å². The Labute approximate surface area is 178 Å². The van der Waals surface area contributed by atoms with Gasteiger partial charge in [-0.15, -0.1) is 11.6 Å². The summed E-state index contributed by atoms with van der Waals surface area (Å²) in [6.07, 6.45) is 19.0. The molecule has 0 bridgehead atoms. The molecule has 1 aromatic rings. The minimum Gasteiger partial charge on any atom is -0.368 e. The predicted octanol–water partition coefficient (Wildman–Crippen LogP) is 7.79. The van der Waals surface area contributed by atoms with Crippen LogP contribution >= 0.6 is 11.6 Å². The number of unbranched alkanes of at least 4 members (excludes halogenated alkanes) is 13. The molecule has 1 aromatic carbocycles. The van der Waals surface area contributed by atoms with Crippen LogP contribution in [0.25, 0.3) is 0 Å². The van der Waals surface area contributed by atoms with E-state index in [1.165, 1.54) is 77.0 Å². The summed E-state index contributed by atoms with van der Waals surface area (Å²) < 4.78 is 0. The zero-order valence-corrected chi connectivity index (χ0v) is 19.0. The van der Waals surface area contributed by atoms with Crippen molar-refractivity contribution in [2.24, 2.45) is 5.73 Å². The van der Waals surface area contributed by atoms with Crippen LogP contribution in [0.3, 0.4) is 0 Å². The van der Waals surface area contributed by atoms with Crippen molar-refractivity contribution in [3.8, 4) is 0 Å². The third-order valence-corrected chi connectivity index (χ3v) is 6.42. The summed E-state index contributed by atoms with van der Waals surface area (Å²) in [4.78, 5) is 11.0. The topological polar surface area (TPSA) is 43.1 Å². The predicted molar refractivity (Wildman–Crippen MR) is 123 cm³/mol. The molecule has 0 spiro atoms. The molecule has 1 unspecified atom stereocenters. The van der Waals surface area contributed by atoms with Gasteiger partial charge in [-0.3, -0.25) is 4.79 Å². The highest BCUT2D eigenvalue weighted by Gasteiger charge is 2.36. The van der Waals surface area contributed by atoms with Crippen molar-refractivity contribution in [3.05, 3.63) is 35.4 Å². The molecular formula is C25H42ClNO. The molecule has 0 saturated carbocycles. The lowest BCUT2D eigenvalue weighted by Crippen LogP contribution is -2.36. The summed E-state index contributed by atoms with van der Waals surface area (Å²) in [7, 11) is 0. The quantitative estimate of drug-likeness (QED) is 0.208. The summed E-state index contributed by atoms with van der Waals surface area (Å²) in [5.41, 5.74) is 7.54. The van der Waals surface area contributed by atoms with Crippen molar-refractivity contribution >= 4 is 17.5 Å². The zero-order valence-electron chi connectivity index (χ0n) is 18.3. The fourth-order valence-corrected chi connectivity index (χ4v) is 4.32. The molecule has 0 radical (unpaired) electrons. The lowest BCUT2D eigenvalue weighted by molar-refractivity contribution is -0.121. The monoisotopic (exact) mass is 407 g/mol. The Morgan fingerprint density at radius 2 is 1.25 bits per heavy atom. The van der Waals surface area contributed by atoms with E-state index in [1.54, 1.807) is 0 Å². The average Bonchev–Trinajstić information content (AvgIpc) is 2.68. The van der Waals surface area contributed by atoms with E-state index in [-0.39, 0.29) is 0 Å². The van der Waals surface area contributed by atoms with Crippen molar-refractivity contribution < 1.29 is 4.79 Å². The molecule has 3 heteroatoms. The minimum atomic E-state index is -1.07. The van der Waals surface area contributed by atoms with E-state index in [1.807, 2.05) is 31.2 Å². The lowest BCUT2D eigenvalue weighted by Gasteiger charge is -2.25. The molecular weight excluding hydrogens is 366 g/mol. The maximum absolute atomic E-state index is 12.0. The molecule has 1 rings (SSSR count). The standard InChI is InChI=1S/C25H42ClNO/c1-3-4-5-6-7-8-9-10-11-12-13-14-15-18-21-25(26,24(27)28)23-20-17-16-19-22(23)2/h16-17,19-20H,3-15,18,21H2,1-2H3,(H2,27,28). The maximum atomic E-state index is 12.0. The molecule has 0 aliphatic heterocycles. The van der Waals surface area contributed by atoms with E-state index in [0.29, 0.717) is 6.42 Å². The van der Waals surface area contributed by atoms with Crippen LogP contribution in [0.5, 0.6) is 0 Å². The smallest absolute Gasteiger partial charge is 0.243 e. The first-order chi connectivity index (χ1) is 13.5. The number of nitrogens with two attached hydrogens (primary N) is 1. The van der Waals surface area contributed by atoms with Gasteiger partial charge in [0.1, 0.15) is 4.87 Å². The largest absolute Gasteiger partial charge is 0.368 e. The van der Waals surface area contributed by atoms with Gasteiger partial charge in [0.2, 0.25) is 5.91 Å². The summed E-state index contributed by atoms with van der Waals surface area (Å²) >= 11 is 6.68. The van der Waals surface area contributed by atoms with Gasteiger partial charge in [-0.1, -0.05) is 121 Å². The zero-order chi connectivity index (χ0) is 20.7. The maximum Gasteiger partial charge on any atom is 0.243 e. The van der Waals surface area contributed by atoms with E-state index >= 15 is 0 Å². The second kappa shape index (κ2) is 14.9. The number of hydrogen-bond donors (Lipinski definition) is 1. The molecule has 0 saturated heterocycles. The van der Waals surface area contributed by atoms with Crippen LogP contribution in [0.15, 0.2) is 24.3 Å². The Hall–Kier alpha value is -1.02. The molecule has 0 aliphatic rings. The van der Waals surface area contributed by atoms with Gasteiger partial charge >= 0.3 is 0 Å². The third-order valence-electron chi connectivity index (χ3n) is 5.84. The SMILES string of the molecule is CCCCCCCCCCCCCCCCC(Cl)(C(N)=O)c1ccccc1C. The van der Waals surface area contributed by atoms with Crippen molar-refractivity contribution in [1.82, 2.24) is 0 Å². The molecule has 1 atom stereocenters. The van der Waals surface area contributed by atoms with Crippen LogP contribution in [0.2, 0.25) is 0 Å². The first-order valence-electron chi connectivity index (χ1n) is 11.6. The van der Waals surface area contributed by atoms with Gasteiger partial charge in [-0.25, -0.2) is 0 Å². The molecule has 0 heterocycles. The van der Waals surface area contributed by atoms with Gasteiger partial charge in [0.25, 0.3) is 0 Å². The number of benzene rings is 1. The average molecular weight is 408 g/mol. The summed E-state index contributed by atoms with van der Waals surface area (Å²) in [6.45, 7) is 4.26. The first kappa shape index (κ1) is 25.0. The molecule has 2 nitrogen and oxygen atoms in total. The third kappa shape index (κ3) is 9.45. The summed E-state index contributed by atoms with van der Waals surface area (Å²) in [5.74, 6) is -0.432. The fraction of sp³-hybridized carbons (Fsp3) is 0.720. The van der Waals surface area contributed by atoms with Crippen molar-refractivity contribution in [2.45, 2.75) is 115 Å². The van der Waals surface area contributed by atoms with E-state index < -0.39 is 10.8 Å². The highest BCUT2D eigenvalue weighted by Crippen LogP contribution is 2.36. The van der Waals surface area contributed by atoms with Crippen LogP contribution in [-0.4, -0.2) is 5.91 Å². The number of alkyl halides is 1. The molecule has 0 aliphatic carbocycles. The minimum absolute atomic E-state index is 0.432. The van der Waals surface area contributed by atoms with Gasteiger partial charge in [-0.05, 0) is 24.5 Å². The Balaban J connectivity index is 2.10. The number of hydrogen-bond acceptors (Lipinski definition) is 1. The van der Waals surface area contributed by atoms with Gasteiger partial charge in [0.05, 0.1) is 0 Å². The molecule has 160 valence electrons. The van der Waals surface area contributed by atoms with Crippen molar-refractivity contribution in [2.75, 3.05) is 0 Å². The Kier molecular flexibility index (Phi) is 13.3. The fourth-order valence-electron chi connectivity index (χ4n) is 3.97. The van der Waals surface area contributed by atoms with Crippen molar-refractivity contribution in [1.29, 1.82) is 0 Å². The van der Waals surface area contributed by atoms with E-state index in [4.69, 9.17) is 17.3 Å². The van der Waals surface area contributed by atoms with Crippen LogP contribution in [-0.2, 0) is 9.67 Å². The summed E-state index contributed by atoms with van der Waals surface area (Å²) in [5, 5.41) is 0. The van der Waals surface area contributed by atoms with E-state index in [9.17, 15) is 4.79 Å². The van der Waals surface area contributed by atoms with Gasteiger partial charge in [0, 0.05) is 0 Å². The number of halogens is 1. The highest BCUT2D eigenvalue weighted by atomic mass is 35.5. The number of carbonyl (C=O) groups is 1. The van der Waals surface area contributed by atoms with Gasteiger partial charge < -0.3 is 5.73 Å². The van der Waals surface area contributed by atoms with E-state index in [0.717, 1.165) is 24.0 Å². The van der Waals surface area contributed by atoms with Crippen LogP contribution in [0, 0.1) is 6.92 Å². The highest BCUT2D eigenvalue weighted by molar-refractivity contribution is 6.34.